The van der Waals surface area contributed by atoms with Crippen LogP contribution in [0.2, 0.25) is 0 Å². The summed E-state index contributed by atoms with van der Waals surface area (Å²) in [7, 11) is 1.54. The number of thiophene rings is 1. The number of amides is 3. The second kappa shape index (κ2) is 8.81. The van der Waals surface area contributed by atoms with Gasteiger partial charge in [0, 0.05) is 17.6 Å². The summed E-state index contributed by atoms with van der Waals surface area (Å²) in [5, 5.41) is 5.46. The fraction of sp³-hybridized carbons (Fsp3) is 0.350. The molecule has 144 valence electrons. The predicted octanol–water partition coefficient (Wildman–Crippen LogP) is 2.81. The van der Waals surface area contributed by atoms with E-state index in [-0.39, 0.29) is 30.8 Å². The predicted molar refractivity (Wildman–Crippen MR) is 108 cm³/mol. The molecule has 0 aliphatic heterocycles. The summed E-state index contributed by atoms with van der Waals surface area (Å²) < 4.78 is 0. The summed E-state index contributed by atoms with van der Waals surface area (Å²) >= 11 is 1.37. The Bertz CT molecular complexity index is 850. The number of carbonyl (C=O) groups is 3. The number of hydrogen-bond donors (Lipinski definition) is 2. The molecule has 0 radical (unpaired) electrons. The van der Waals surface area contributed by atoms with Gasteiger partial charge in [-0.25, -0.2) is 0 Å². The van der Waals surface area contributed by atoms with Crippen LogP contribution < -0.4 is 10.6 Å². The van der Waals surface area contributed by atoms with Gasteiger partial charge in [-0.15, -0.1) is 11.3 Å². The fourth-order valence-corrected chi connectivity index (χ4v) is 3.58. The van der Waals surface area contributed by atoms with Gasteiger partial charge in [-0.05, 0) is 51.0 Å². The Morgan fingerprint density at radius 3 is 2.22 bits per heavy atom. The monoisotopic (exact) mass is 387 g/mol. The van der Waals surface area contributed by atoms with Crippen molar-refractivity contribution in [3.63, 3.8) is 0 Å². The molecule has 1 aromatic carbocycles. The maximum absolute atomic E-state index is 12.3. The number of nitrogens with one attached hydrogen (secondary N) is 2. The summed E-state index contributed by atoms with van der Waals surface area (Å²) in [5.74, 6) is -0.893. The summed E-state index contributed by atoms with van der Waals surface area (Å²) in [6.45, 7) is 7.56. The molecule has 1 aromatic heterocycles. The van der Waals surface area contributed by atoms with Gasteiger partial charge in [0.25, 0.3) is 5.91 Å². The molecule has 0 fully saturated rings. The maximum atomic E-state index is 12.3. The highest BCUT2D eigenvalue weighted by Crippen LogP contribution is 2.21. The largest absolute Gasteiger partial charge is 0.342 e. The van der Waals surface area contributed by atoms with E-state index in [0.29, 0.717) is 4.88 Å². The van der Waals surface area contributed by atoms with Crippen molar-refractivity contribution < 1.29 is 14.4 Å². The third kappa shape index (κ3) is 5.65. The second-order valence-corrected chi connectivity index (χ2v) is 7.95. The zero-order chi connectivity index (χ0) is 20.1. The fourth-order valence-electron chi connectivity index (χ4n) is 2.79. The van der Waals surface area contributed by atoms with Crippen LogP contribution in [0, 0.1) is 27.7 Å². The third-order valence-corrected chi connectivity index (χ3v) is 5.11. The van der Waals surface area contributed by atoms with Gasteiger partial charge < -0.3 is 15.5 Å². The Morgan fingerprint density at radius 2 is 1.67 bits per heavy atom. The minimum absolute atomic E-state index is 0.0838. The van der Waals surface area contributed by atoms with Gasteiger partial charge in [0.15, 0.2) is 0 Å². The number of anilines is 1. The summed E-state index contributed by atoms with van der Waals surface area (Å²) in [6.07, 6.45) is 0. The topological polar surface area (TPSA) is 78.5 Å². The SMILES string of the molecule is Cc1cc(C)c(NC(=O)CN(C)C(=O)CNC(=O)c2ccc(C)s2)c(C)c1. The second-order valence-electron chi connectivity index (χ2n) is 6.66. The van der Waals surface area contributed by atoms with Crippen LogP contribution in [-0.2, 0) is 9.59 Å². The number of carbonyl (C=O) groups excluding carboxylic acids is 3. The van der Waals surface area contributed by atoms with Crippen molar-refractivity contribution in [2.24, 2.45) is 0 Å². The van der Waals surface area contributed by atoms with Gasteiger partial charge in [0.05, 0.1) is 18.0 Å². The Labute approximate surface area is 163 Å². The molecule has 0 saturated carbocycles. The van der Waals surface area contributed by atoms with Crippen molar-refractivity contribution in [1.82, 2.24) is 10.2 Å². The smallest absolute Gasteiger partial charge is 0.261 e. The Balaban J connectivity index is 1.86. The summed E-state index contributed by atoms with van der Waals surface area (Å²) in [5.41, 5.74) is 3.86. The lowest BCUT2D eigenvalue weighted by atomic mass is 10.1. The number of nitrogens with zero attached hydrogens (tertiary/aromatic N) is 1. The molecule has 6 nitrogen and oxygen atoms in total. The maximum Gasteiger partial charge on any atom is 0.261 e. The first-order chi connectivity index (χ1) is 12.7. The molecule has 3 amide bonds. The van der Waals surface area contributed by atoms with Crippen LogP contribution in [0.1, 0.15) is 31.2 Å². The van der Waals surface area contributed by atoms with Crippen molar-refractivity contribution in [1.29, 1.82) is 0 Å². The molecule has 0 spiro atoms. The van der Waals surface area contributed by atoms with Gasteiger partial charge in [-0.2, -0.15) is 0 Å². The Hall–Kier alpha value is -2.67. The molecule has 0 unspecified atom stereocenters. The summed E-state index contributed by atoms with van der Waals surface area (Å²) in [4.78, 5) is 39.4. The molecule has 27 heavy (non-hydrogen) atoms. The molecule has 2 aromatic rings. The van der Waals surface area contributed by atoms with Gasteiger partial charge in [-0.1, -0.05) is 17.7 Å². The Kier molecular flexibility index (Phi) is 6.74. The molecule has 0 saturated heterocycles. The molecule has 7 heteroatoms. The first-order valence-electron chi connectivity index (χ1n) is 8.63. The number of rotatable bonds is 6. The quantitative estimate of drug-likeness (QED) is 0.800. The molecular formula is C20H25N3O3S. The van der Waals surface area contributed by atoms with Crippen LogP contribution in [0.15, 0.2) is 24.3 Å². The number of likely N-dealkylation sites (N-methyl/N-ethyl adjacent to an activating group) is 1. The van der Waals surface area contributed by atoms with Gasteiger partial charge >= 0.3 is 0 Å². The average molecular weight is 388 g/mol. The lowest BCUT2D eigenvalue weighted by Gasteiger charge is -2.18. The molecule has 0 aliphatic rings. The van der Waals surface area contributed by atoms with E-state index in [1.807, 2.05) is 45.9 Å². The zero-order valence-corrected chi connectivity index (χ0v) is 17.1. The molecule has 0 bridgehead atoms. The zero-order valence-electron chi connectivity index (χ0n) is 16.3. The lowest BCUT2D eigenvalue weighted by molar-refractivity contribution is -0.132. The first-order valence-corrected chi connectivity index (χ1v) is 9.45. The van der Waals surface area contributed by atoms with Gasteiger partial charge in [-0.3, -0.25) is 14.4 Å². The number of benzene rings is 1. The van der Waals surface area contributed by atoms with E-state index in [4.69, 9.17) is 0 Å². The molecule has 2 N–H and O–H groups in total. The molecule has 0 atom stereocenters. The van der Waals surface area contributed by atoms with E-state index in [1.165, 1.54) is 23.3 Å². The van der Waals surface area contributed by atoms with Crippen molar-refractivity contribution in [2.45, 2.75) is 27.7 Å². The van der Waals surface area contributed by atoms with Gasteiger partial charge in [0.1, 0.15) is 0 Å². The highest BCUT2D eigenvalue weighted by atomic mass is 32.1. The Morgan fingerprint density at radius 1 is 1.04 bits per heavy atom. The van der Waals surface area contributed by atoms with E-state index in [1.54, 1.807) is 6.07 Å². The average Bonchev–Trinajstić information content (AvgIpc) is 3.02. The minimum atomic E-state index is -0.330. The lowest BCUT2D eigenvalue weighted by Crippen LogP contribution is -2.41. The van der Waals surface area contributed by atoms with E-state index >= 15 is 0 Å². The molecule has 0 aliphatic carbocycles. The van der Waals surface area contributed by atoms with Crippen molar-refractivity contribution in [2.75, 3.05) is 25.5 Å². The van der Waals surface area contributed by atoms with Crippen LogP contribution in [0.4, 0.5) is 5.69 Å². The highest BCUT2D eigenvalue weighted by molar-refractivity contribution is 7.13. The normalized spacial score (nSPS) is 10.4. The van der Waals surface area contributed by atoms with Gasteiger partial charge in [0.2, 0.25) is 11.8 Å². The van der Waals surface area contributed by atoms with E-state index in [9.17, 15) is 14.4 Å². The molecular weight excluding hydrogens is 362 g/mol. The first kappa shape index (κ1) is 20.6. The van der Waals surface area contributed by atoms with E-state index in [2.05, 4.69) is 10.6 Å². The van der Waals surface area contributed by atoms with Crippen molar-refractivity contribution >= 4 is 34.7 Å². The standard InChI is InChI=1S/C20H25N3O3S/c1-12-8-13(2)19(14(3)9-12)22-17(24)11-23(5)18(25)10-21-20(26)16-7-6-15(4)27-16/h6-9H,10-11H2,1-5H3,(H,21,26)(H,22,24). The third-order valence-electron chi connectivity index (χ3n) is 4.11. The number of aryl methyl sites for hydroxylation is 4. The minimum Gasteiger partial charge on any atom is -0.342 e. The van der Waals surface area contributed by atoms with E-state index in [0.717, 1.165) is 27.3 Å². The van der Waals surface area contributed by atoms with Crippen LogP contribution in [0.3, 0.4) is 0 Å². The highest BCUT2D eigenvalue weighted by Gasteiger charge is 2.16. The van der Waals surface area contributed by atoms with E-state index < -0.39 is 0 Å². The number of hydrogen-bond acceptors (Lipinski definition) is 4. The van der Waals surface area contributed by atoms with Crippen LogP contribution in [-0.4, -0.2) is 42.8 Å². The summed E-state index contributed by atoms with van der Waals surface area (Å²) in [6, 6.07) is 7.58. The van der Waals surface area contributed by atoms with Crippen molar-refractivity contribution in [3.05, 3.63) is 50.7 Å². The molecule has 2 rings (SSSR count). The van der Waals surface area contributed by atoms with Crippen LogP contribution in [0.25, 0.3) is 0 Å². The van der Waals surface area contributed by atoms with Crippen molar-refractivity contribution in [3.8, 4) is 0 Å². The molecule has 1 heterocycles. The van der Waals surface area contributed by atoms with Crippen LogP contribution in [0.5, 0.6) is 0 Å². The van der Waals surface area contributed by atoms with Crippen LogP contribution >= 0.6 is 11.3 Å².